The lowest BCUT2D eigenvalue weighted by Crippen LogP contribution is -2.31. The summed E-state index contributed by atoms with van der Waals surface area (Å²) in [6, 6.07) is 1.23. The molecule has 1 N–H and O–H groups in total. The second-order valence-electron chi connectivity index (χ2n) is 2.90. The van der Waals surface area contributed by atoms with Gasteiger partial charge in [0.15, 0.2) is 0 Å². The van der Waals surface area contributed by atoms with E-state index in [9.17, 15) is 4.39 Å². The van der Waals surface area contributed by atoms with Gasteiger partial charge < -0.3 is 14.7 Å². The minimum absolute atomic E-state index is 0.0185. The number of nitrogens with zero attached hydrogens (tertiary/aromatic N) is 3. The largest absolute Gasteiger partial charge is 0.395 e. The molecule has 1 heterocycles. The van der Waals surface area contributed by atoms with Crippen LogP contribution >= 0.6 is 0 Å². The lowest BCUT2D eigenvalue weighted by Gasteiger charge is -2.21. The zero-order valence-electron chi connectivity index (χ0n) is 8.56. The summed E-state index contributed by atoms with van der Waals surface area (Å²) in [5.74, 6) is -0.131. The van der Waals surface area contributed by atoms with Gasteiger partial charge in [-0.25, -0.2) is 9.97 Å². The number of rotatable bonds is 6. The minimum atomic E-state index is -0.583. The molecule has 0 fully saturated rings. The topological polar surface area (TPSA) is 58.5 Å². The second-order valence-corrected chi connectivity index (χ2v) is 2.90. The summed E-state index contributed by atoms with van der Waals surface area (Å²) in [7, 11) is 1.58. The van der Waals surface area contributed by atoms with Crippen LogP contribution in [0, 0.1) is 5.95 Å². The first kappa shape index (κ1) is 11.8. The van der Waals surface area contributed by atoms with Crippen molar-refractivity contribution in [3.8, 4) is 0 Å². The number of aliphatic hydroxyl groups excluding tert-OH is 1. The molecule has 0 aliphatic carbocycles. The van der Waals surface area contributed by atoms with Crippen LogP contribution in [0.3, 0.4) is 0 Å². The molecule has 5 nitrogen and oxygen atoms in total. The normalized spacial score (nSPS) is 10.3. The van der Waals surface area contributed by atoms with Crippen molar-refractivity contribution in [1.82, 2.24) is 9.97 Å². The van der Waals surface area contributed by atoms with Crippen molar-refractivity contribution in [1.29, 1.82) is 0 Å². The fourth-order valence-corrected chi connectivity index (χ4v) is 1.16. The molecule has 0 atom stereocenters. The lowest BCUT2D eigenvalue weighted by atomic mass is 10.4. The summed E-state index contributed by atoms with van der Waals surface area (Å²) in [5.41, 5.74) is 0. The number of aromatic nitrogens is 2. The summed E-state index contributed by atoms with van der Waals surface area (Å²) < 4.78 is 17.7. The Morgan fingerprint density at radius 1 is 1.47 bits per heavy atom. The first-order valence-corrected chi connectivity index (χ1v) is 4.60. The molecule has 1 aromatic heterocycles. The average molecular weight is 215 g/mol. The highest BCUT2D eigenvalue weighted by Crippen LogP contribution is 2.09. The monoisotopic (exact) mass is 215 g/mol. The number of halogens is 1. The van der Waals surface area contributed by atoms with Crippen molar-refractivity contribution in [3.05, 3.63) is 18.3 Å². The molecule has 0 radical (unpaired) electrons. The number of methoxy groups -OCH3 is 1. The molecule has 0 spiro atoms. The number of ether oxygens (including phenoxy) is 1. The summed E-state index contributed by atoms with van der Waals surface area (Å²) in [4.78, 5) is 9.01. The van der Waals surface area contributed by atoms with Crippen LogP contribution in [-0.4, -0.2) is 48.5 Å². The van der Waals surface area contributed by atoms with Crippen molar-refractivity contribution in [2.24, 2.45) is 0 Å². The van der Waals surface area contributed by atoms with Crippen LogP contribution in [0.5, 0.6) is 0 Å². The van der Waals surface area contributed by atoms with Gasteiger partial charge in [-0.15, -0.1) is 0 Å². The Bertz CT molecular complexity index is 298. The van der Waals surface area contributed by atoms with E-state index in [2.05, 4.69) is 9.97 Å². The summed E-state index contributed by atoms with van der Waals surface area (Å²) in [6.45, 7) is 1.41. The molecule has 0 amide bonds. The Morgan fingerprint density at radius 3 is 2.87 bits per heavy atom. The van der Waals surface area contributed by atoms with Gasteiger partial charge in [0.25, 0.3) is 0 Å². The number of hydrogen-bond donors (Lipinski definition) is 1. The van der Waals surface area contributed by atoms with E-state index in [1.165, 1.54) is 6.07 Å². The highest BCUT2D eigenvalue weighted by molar-refractivity contribution is 5.36. The Hall–Kier alpha value is -1.27. The van der Waals surface area contributed by atoms with E-state index in [0.29, 0.717) is 25.5 Å². The molecule has 1 rings (SSSR count). The van der Waals surface area contributed by atoms with Gasteiger partial charge in [0.2, 0.25) is 5.95 Å². The molecule has 1 aromatic rings. The van der Waals surface area contributed by atoms with Crippen molar-refractivity contribution in [2.75, 3.05) is 38.3 Å². The molecule has 6 heteroatoms. The van der Waals surface area contributed by atoms with Gasteiger partial charge in [-0.3, -0.25) is 0 Å². The fraction of sp³-hybridized carbons (Fsp3) is 0.556. The van der Waals surface area contributed by atoms with E-state index in [4.69, 9.17) is 9.84 Å². The predicted octanol–water partition coefficient (Wildman–Crippen LogP) is 0.0608. The lowest BCUT2D eigenvalue weighted by molar-refractivity contribution is 0.202. The quantitative estimate of drug-likeness (QED) is 0.680. The van der Waals surface area contributed by atoms with E-state index in [1.807, 2.05) is 0 Å². The maximum Gasteiger partial charge on any atom is 0.218 e. The van der Waals surface area contributed by atoms with Crippen LogP contribution in [0.2, 0.25) is 0 Å². The molecular formula is C9H14FN3O2. The van der Waals surface area contributed by atoms with Gasteiger partial charge in [0.1, 0.15) is 12.1 Å². The van der Waals surface area contributed by atoms with Crippen molar-refractivity contribution >= 4 is 5.82 Å². The third kappa shape index (κ3) is 3.77. The molecule has 0 saturated carbocycles. The van der Waals surface area contributed by atoms with Crippen molar-refractivity contribution in [2.45, 2.75) is 0 Å². The Morgan fingerprint density at radius 2 is 2.27 bits per heavy atom. The van der Waals surface area contributed by atoms with Crippen LogP contribution < -0.4 is 4.90 Å². The van der Waals surface area contributed by atoms with Gasteiger partial charge in [-0.2, -0.15) is 4.39 Å². The molecule has 0 unspecified atom stereocenters. The standard InChI is InChI=1S/C9H14FN3O2/c1-15-5-3-13(2-4-14)9-6-8(10)11-7-12-9/h6-7,14H,2-5H2,1H3. The zero-order chi connectivity index (χ0) is 11.1. The molecule has 0 aliphatic heterocycles. The van der Waals surface area contributed by atoms with E-state index in [1.54, 1.807) is 12.0 Å². The van der Waals surface area contributed by atoms with Crippen LogP contribution in [0.1, 0.15) is 0 Å². The zero-order valence-corrected chi connectivity index (χ0v) is 8.56. The third-order valence-corrected chi connectivity index (χ3v) is 1.88. The number of hydrogen-bond acceptors (Lipinski definition) is 5. The first-order chi connectivity index (χ1) is 7.27. The molecule has 0 aliphatic rings. The molecule has 84 valence electrons. The number of aliphatic hydroxyl groups is 1. The summed E-state index contributed by atoms with van der Waals surface area (Å²) in [6.07, 6.45) is 1.15. The fourth-order valence-electron chi connectivity index (χ4n) is 1.16. The van der Waals surface area contributed by atoms with Gasteiger partial charge >= 0.3 is 0 Å². The molecule has 0 saturated heterocycles. The highest BCUT2D eigenvalue weighted by atomic mass is 19.1. The maximum absolute atomic E-state index is 12.8. The molecule has 0 aromatic carbocycles. The smallest absolute Gasteiger partial charge is 0.218 e. The van der Waals surface area contributed by atoms with E-state index < -0.39 is 5.95 Å². The van der Waals surface area contributed by atoms with E-state index >= 15 is 0 Å². The minimum Gasteiger partial charge on any atom is -0.395 e. The molecule has 15 heavy (non-hydrogen) atoms. The predicted molar refractivity (Wildman–Crippen MR) is 53.2 cm³/mol. The highest BCUT2D eigenvalue weighted by Gasteiger charge is 2.07. The van der Waals surface area contributed by atoms with Crippen LogP contribution in [0.15, 0.2) is 12.4 Å². The third-order valence-electron chi connectivity index (χ3n) is 1.88. The number of anilines is 1. The average Bonchev–Trinajstić information content (AvgIpc) is 2.24. The van der Waals surface area contributed by atoms with E-state index in [-0.39, 0.29) is 6.61 Å². The maximum atomic E-state index is 12.8. The Balaban J connectivity index is 2.69. The van der Waals surface area contributed by atoms with Crippen LogP contribution in [0.25, 0.3) is 0 Å². The molecular weight excluding hydrogens is 201 g/mol. The van der Waals surface area contributed by atoms with E-state index in [0.717, 1.165) is 6.33 Å². The van der Waals surface area contributed by atoms with Crippen molar-refractivity contribution < 1.29 is 14.2 Å². The van der Waals surface area contributed by atoms with Gasteiger partial charge in [-0.05, 0) is 0 Å². The first-order valence-electron chi connectivity index (χ1n) is 4.60. The van der Waals surface area contributed by atoms with Crippen LogP contribution in [0.4, 0.5) is 10.2 Å². The Labute approximate surface area is 87.5 Å². The summed E-state index contributed by atoms with van der Waals surface area (Å²) in [5, 5.41) is 8.85. The van der Waals surface area contributed by atoms with Gasteiger partial charge in [0.05, 0.1) is 13.2 Å². The SMILES string of the molecule is COCCN(CCO)c1cc(F)ncn1. The summed E-state index contributed by atoms with van der Waals surface area (Å²) >= 11 is 0. The molecule has 0 bridgehead atoms. The van der Waals surface area contributed by atoms with Crippen LogP contribution in [-0.2, 0) is 4.74 Å². The Kier molecular flexibility index (Phi) is 4.92. The van der Waals surface area contributed by atoms with Gasteiger partial charge in [0, 0.05) is 26.3 Å². The van der Waals surface area contributed by atoms with Gasteiger partial charge in [-0.1, -0.05) is 0 Å². The second kappa shape index (κ2) is 6.26. The van der Waals surface area contributed by atoms with Crippen molar-refractivity contribution in [3.63, 3.8) is 0 Å².